The van der Waals surface area contributed by atoms with Gasteiger partial charge >= 0.3 is 12.0 Å². The van der Waals surface area contributed by atoms with E-state index in [1.807, 2.05) is 6.26 Å². The van der Waals surface area contributed by atoms with E-state index in [1.54, 1.807) is 11.8 Å². The zero-order chi connectivity index (χ0) is 14.4. The predicted molar refractivity (Wildman–Crippen MR) is 75.1 cm³/mol. The molecule has 2 amide bonds. The molecule has 0 aromatic carbocycles. The van der Waals surface area contributed by atoms with Crippen molar-refractivity contribution in [2.45, 2.75) is 50.8 Å². The summed E-state index contributed by atoms with van der Waals surface area (Å²) in [6.07, 6.45) is 3.92. The summed E-state index contributed by atoms with van der Waals surface area (Å²) in [7, 11) is 0. The summed E-state index contributed by atoms with van der Waals surface area (Å²) in [6.45, 7) is 7.61. The average Bonchev–Trinajstić information content (AvgIpc) is 2.31. The van der Waals surface area contributed by atoms with Crippen molar-refractivity contribution in [1.82, 2.24) is 10.6 Å². The van der Waals surface area contributed by atoms with Gasteiger partial charge in [0.15, 0.2) is 0 Å². The Morgan fingerprint density at radius 3 is 2.06 bits per heavy atom. The van der Waals surface area contributed by atoms with Crippen molar-refractivity contribution < 1.29 is 14.7 Å². The third-order valence-corrected chi connectivity index (χ3v) is 4.84. The number of aliphatic carboxylic acids is 1. The molecule has 0 fully saturated rings. The number of nitrogens with one attached hydrogen (secondary N) is 2. The Balaban J connectivity index is 4.39. The highest BCUT2D eigenvalue weighted by atomic mass is 32.2. The number of hydrogen-bond acceptors (Lipinski definition) is 3. The molecule has 0 aromatic rings. The van der Waals surface area contributed by atoms with E-state index in [-0.39, 0.29) is 4.75 Å². The first-order valence-corrected chi connectivity index (χ1v) is 7.30. The quantitative estimate of drug-likeness (QED) is 0.665. The molecule has 0 saturated carbocycles. The minimum Gasteiger partial charge on any atom is -0.480 e. The van der Waals surface area contributed by atoms with Crippen LogP contribution in [0.1, 0.15) is 40.5 Å². The fourth-order valence-electron chi connectivity index (χ4n) is 1.48. The summed E-state index contributed by atoms with van der Waals surface area (Å²) >= 11 is 1.72. The largest absolute Gasteiger partial charge is 0.480 e. The Bertz CT molecular complexity index is 293. The molecule has 0 aliphatic carbocycles. The van der Waals surface area contributed by atoms with Crippen LogP contribution in [-0.4, -0.2) is 40.2 Å². The molecule has 0 saturated heterocycles. The molecule has 6 heteroatoms. The van der Waals surface area contributed by atoms with E-state index < -0.39 is 17.5 Å². The number of carboxylic acid groups (broad SMARTS) is 1. The number of carboxylic acids is 1. The lowest BCUT2D eigenvalue weighted by atomic mass is 10.0. The van der Waals surface area contributed by atoms with Crippen LogP contribution < -0.4 is 10.6 Å². The molecular formula is C12H24N2O3S. The number of carbonyl (C=O) groups is 2. The molecule has 0 aliphatic heterocycles. The Morgan fingerprint density at radius 2 is 1.72 bits per heavy atom. The van der Waals surface area contributed by atoms with Gasteiger partial charge in [-0.3, -0.25) is 0 Å². The predicted octanol–water partition coefficient (Wildman–Crippen LogP) is 2.07. The Morgan fingerprint density at radius 1 is 1.22 bits per heavy atom. The molecule has 0 bridgehead atoms. The summed E-state index contributed by atoms with van der Waals surface area (Å²) in [5, 5.41) is 14.1. The normalized spacial score (nSPS) is 12.1. The van der Waals surface area contributed by atoms with Gasteiger partial charge in [0, 0.05) is 11.3 Å². The molecule has 0 aliphatic rings. The fourth-order valence-corrected chi connectivity index (χ4v) is 2.28. The van der Waals surface area contributed by atoms with E-state index in [0.717, 1.165) is 12.8 Å². The first kappa shape index (κ1) is 17.1. The van der Waals surface area contributed by atoms with E-state index in [4.69, 9.17) is 5.11 Å². The number of hydrogen-bond donors (Lipinski definition) is 3. The summed E-state index contributed by atoms with van der Waals surface area (Å²) in [4.78, 5) is 22.5. The molecule has 0 spiro atoms. The molecule has 18 heavy (non-hydrogen) atoms. The summed E-state index contributed by atoms with van der Waals surface area (Å²) in [6, 6.07) is -0.442. The molecule has 0 unspecified atom stereocenters. The van der Waals surface area contributed by atoms with Crippen molar-refractivity contribution in [3.05, 3.63) is 0 Å². The maximum Gasteiger partial charge on any atom is 0.328 e. The van der Waals surface area contributed by atoms with Gasteiger partial charge in [0.25, 0.3) is 0 Å². The molecule has 0 rings (SSSR count). The van der Waals surface area contributed by atoms with Crippen LogP contribution in [0.25, 0.3) is 0 Å². The summed E-state index contributed by atoms with van der Waals surface area (Å²) in [5.41, 5.74) is -1.26. The van der Waals surface area contributed by atoms with Gasteiger partial charge in [-0.15, -0.1) is 0 Å². The minimum atomic E-state index is -1.26. The van der Waals surface area contributed by atoms with Gasteiger partial charge in [-0.25, -0.2) is 9.59 Å². The second-order valence-electron chi connectivity index (χ2n) is 4.83. The van der Waals surface area contributed by atoms with Crippen LogP contribution in [0.4, 0.5) is 4.79 Å². The van der Waals surface area contributed by atoms with Crippen LogP contribution in [0.5, 0.6) is 0 Å². The Labute approximate surface area is 113 Å². The Kier molecular flexibility index (Phi) is 6.52. The van der Waals surface area contributed by atoms with Crippen molar-refractivity contribution in [3.63, 3.8) is 0 Å². The topological polar surface area (TPSA) is 78.4 Å². The molecular weight excluding hydrogens is 252 g/mol. The van der Waals surface area contributed by atoms with Crippen LogP contribution in [0.15, 0.2) is 0 Å². The van der Waals surface area contributed by atoms with E-state index in [9.17, 15) is 9.59 Å². The standard InChI is InChI=1S/C12H24N2O3S/c1-6-12(7-2,18-5)8-13-10(17)14-11(3,4)9(15)16/h6-8H2,1-5H3,(H,15,16)(H2,13,14,17). The van der Waals surface area contributed by atoms with Gasteiger partial charge in [-0.05, 0) is 32.9 Å². The van der Waals surface area contributed by atoms with Crippen LogP contribution in [0.2, 0.25) is 0 Å². The van der Waals surface area contributed by atoms with Crippen molar-refractivity contribution in [2.24, 2.45) is 0 Å². The number of carbonyl (C=O) groups excluding carboxylic acids is 1. The van der Waals surface area contributed by atoms with Gasteiger partial charge in [0.05, 0.1) is 0 Å². The van der Waals surface area contributed by atoms with Gasteiger partial charge in [-0.1, -0.05) is 13.8 Å². The average molecular weight is 276 g/mol. The molecule has 0 aromatic heterocycles. The molecule has 3 N–H and O–H groups in total. The molecule has 0 radical (unpaired) electrons. The zero-order valence-corrected chi connectivity index (χ0v) is 12.6. The van der Waals surface area contributed by atoms with E-state index in [1.165, 1.54) is 13.8 Å². The monoisotopic (exact) mass is 276 g/mol. The minimum absolute atomic E-state index is 0.0186. The van der Waals surface area contributed by atoms with Crippen LogP contribution >= 0.6 is 11.8 Å². The van der Waals surface area contributed by atoms with Crippen molar-refractivity contribution in [3.8, 4) is 0 Å². The molecule has 5 nitrogen and oxygen atoms in total. The smallest absolute Gasteiger partial charge is 0.328 e. The van der Waals surface area contributed by atoms with Crippen LogP contribution in [0, 0.1) is 0 Å². The first-order chi connectivity index (χ1) is 8.23. The van der Waals surface area contributed by atoms with Gasteiger partial charge in [0.1, 0.15) is 5.54 Å². The van der Waals surface area contributed by atoms with Crippen molar-refractivity contribution in [2.75, 3.05) is 12.8 Å². The lowest BCUT2D eigenvalue weighted by molar-refractivity contribution is -0.142. The number of urea groups is 1. The highest BCUT2D eigenvalue weighted by Crippen LogP contribution is 2.29. The maximum absolute atomic E-state index is 11.7. The van der Waals surface area contributed by atoms with E-state index in [0.29, 0.717) is 6.54 Å². The first-order valence-electron chi connectivity index (χ1n) is 6.07. The number of rotatable bonds is 7. The third kappa shape index (κ3) is 4.76. The highest BCUT2D eigenvalue weighted by molar-refractivity contribution is 8.00. The molecule has 0 atom stereocenters. The molecule has 106 valence electrons. The van der Waals surface area contributed by atoms with Crippen LogP contribution in [0.3, 0.4) is 0 Å². The lowest BCUT2D eigenvalue weighted by Crippen LogP contribution is -2.54. The highest BCUT2D eigenvalue weighted by Gasteiger charge is 2.30. The maximum atomic E-state index is 11.7. The number of thioether (sulfide) groups is 1. The second kappa shape index (κ2) is 6.87. The summed E-state index contributed by atoms with van der Waals surface area (Å²) < 4.78 is 0.0186. The zero-order valence-electron chi connectivity index (χ0n) is 11.8. The van der Waals surface area contributed by atoms with E-state index in [2.05, 4.69) is 24.5 Å². The van der Waals surface area contributed by atoms with Crippen molar-refractivity contribution in [1.29, 1.82) is 0 Å². The van der Waals surface area contributed by atoms with Crippen LogP contribution in [-0.2, 0) is 4.79 Å². The van der Waals surface area contributed by atoms with Gasteiger partial charge in [0.2, 0.25) is 0 Å². The Hall–Kier alpha value is -0.910. The lowest BCUT2D eigenvalue weighted by Gasteiger charge is -2.30. The second-order valence-corrected chi connectivity index (χ2v) is 6.11. The summed E-state index contributed by atoms with van der Waals surface area (Å²) in [5.74, 6) is -1.06. The molecule has 0 heterocycles. The number of amides is 2. The van der Waals surface area contributed by atoms with Gasteiger partial charge in [-0.2, -0.15) is 11.8 Å². The van der Waals surface area contributed by atoms with E-state index >= 15 is 0 Å². The fraction of sp³-hybridized carbons (Fsp3) is 0.833. The SMILES string of the molecule is CCC(CC)(CNC(=O)NC(C)(C)C(=O)O)SC. The van der Waals surface area contributed by atoms with Crippen molar-refractivity contribution >= 4 is 23.8 Å². The van der Waals surface area contributed by atoms with Gasteiger partial charge < -0.3 is 15.7 Å². The third-order valence-electron chi connectivity index (χ3n) is 3.25.